The van der Waals surface area contributed by atoms with Crippen LogP contribution in [-0.4, -0.2) is 11.1 Å². The van der Waals surface area contributed by atoms with E-state index in [2.05, 4.69) is 6.07 Å². The van der Waals surface area contributed by atoms with Crippen LogP contribution in [0.15, 0.2) is 34.7 Å². The Balaban J connectivity index is 1.78. The molecule has 0 amide bonds. The molecule has 3 rings (SSSR count). The summed E-state index contributed by atoms with van der Waals surface area (Å²) in [5.41, 5.74) is 0.924. The highest BCUT2D eigenvalue weighted by Gasteiger charge is 2.28. The van der Waals surface area contributed by atoms with Crippen LogP contribution < -0.4 is 0 Å². The fourth-order valence-corrected chi connectivity index (χ4v) is 2.83. The lowest BCUT2D eigenvalue weighted by atomic mass is 9.81. The van der Waals surface area contributed by atoms with Crippen LogP contribution in [-0.2, 0) is 4.79 Å². The molecule has 3 heteroatoms. The van der Waals surface area contributed by atoms with Gasteiger partial charge in [-0.25, -0.2) is 0 Å². The van der Waals surface area contributed by atoms with Gasteiger partial charge in [-0.3, -0.25) is 4.79 Å². The summed E-state index contributed by atoms with van der Waals surface area (Å²) >= 11 is 0. The van der Waals surface area contributed by atoms with Crippen LogP contribution in [0.4, 0.5) is 0 Å². The quantitative estimate of drug-likeness (QED) is 0.874. The van der Waals surface area contributed by atoms with Gasteiger partial charge in [0.15, 0.2) is 0 Å². The molecule has 1 aliphatic rings. The molecule has 1 aromatic carbocycles. The van der Waals surface area contributed by atoms with Gasteiger partial charge in [-0.1, -0.05) is 18.2 Å². The van der Waals surface area contributed by atoms with E-state index in [4.69, 9.17) is 9.52 Å². The number of hydrogen-bond donors (Lipinski definition) is 1. The Kier molecular flexibility index (Phi) is 2.82. The molecule has 1 aliphatic carbocycles. The van der Waals surface area contributed by atoms with Crippen molar-refractivity contribution in [2.75, 3.05) is 0 Å². The zero-order valence-electron chi connectivity index (χ0n) is 10.1. The second-order valence-electron chi connectivity index (χ2n) is 5.07. The van der Waals surface area contributed by atoms with Crippen LogP contribution in [0.5, 0.6) is 0 Å². The Labute approximate surface area is 105 Å². The van der Waals surface area contributed by atoms with Gasteiger partial charge in [0.05, 0.1) is 5.92 Å². The largest absolute Gasteiger partial charge is 0.481 e. The van der Waals surface area contributed by atoms with Crippen molar-refractivity contribution in [1.82, 2.24) is 0 Å². The first kappa shape index (κ1) is 11.3. The number of aliphatic carboxylic acids is 1. The second-order valence-corrected chi connectivity index (χ2v) is 5.07. The highest BCUT2D eigenvalue weighted by atomic mass is 16.4. The van der Waals surface area contributed by atoms with Gasteiger partial charge in [0.1, 0.15) is 11.3 Å². The molecule has 18 heavy (non-hydrogen) atoms. The van der Waals surface area contributed by atoms with Crippen molar-refractivity contribution in [2.45, 2.75) is 31.6 Å². The third kappa shape index (κ3) is 2.01. The predicted molar refractivity (Wildman–Crippen MR) is 68.5 cm³/mol. The van der Waals surface area contributed by atoms with Crippen molar-refractivity contribution in [2.24, 2.45) is 5.92 Å². The lowest BCUT2D eigenvalue weighted by molar-refractivity contribution is -0.142. The monoisotopic (exact) mass is 244 g/mol. The number of fused-ring (bicyclic) bond motifs is 1. The zero-order chi connectivity index (χ0) is 12.5. The van der Waals surface area contributed by atoms with Crippen molar-refractivity contribution >= 4 is 16.9 Å². The third-order valence-corrected chi connectivity index (χ3v) is 3.92. The normalized spacial score (nSPS) is 24.2. The van der Waals surface area contributed by atoms with E-state index >= 15 is 0 Å². The first-order chi connectivity index (χ1) is 8.74. The molecule has 0 bridgehead atoms. The molecule has 0 spiro atoms. The van der Waals surface area contributed by atoms with Gasteiger partial charge in [0, 0.05) is 11.3 Å². The Morgan fingerprint density at radius 3 is 2.56 bits per heavy atom. The Morgan fingerprint density at radius 2 is 1.89 bits per heavy atom. The van der Waals surface area contributed by atoms with Crippen molar-refractivity contribution in [3.63, 3.8) is 0 Å². The van der Waals surface area contributed by atoms with Crippen LogP contribution >= 0.6 is 0 Å². The van der Waals surface area contributed by atoms with Gasteiger partial charge >= 0.3 is 5.97 Å². The fraction of sp³-hybridized carbons (Fsp3) is 0.400. The van der Waals surface area contributed by atoms with E-state index in [0.29, 0.717) is 5.92 Å². The number of carboxylic acids is 1. The minimum absolute atomic E-state index is 0.161. The van der Waals surface area contributed by atoms with Crippen molar-refractivity contribution in [3.05, 3.63) is 36.1 Å². The topological polar surface area (TPSA) is 50.4 Å². The van der Waals surface area contributed by atoms with E-state index in [1.165, 1.54) is 0 Å². The zero-order valence-corrected chi connectivity index (χ0v) is 10.1. The third-order valence-electron chi connectivity index (χ3n) is 3.92. The van der Waals surface area contributed by atoms with E-state index in [1.807, 2.05) is 24.3 Å². The summed E-state index contributed by atoms with van der Waals surface area (Å²) in [6.45, 7) is 0. The van der Waals surface area contributed by atoms with Crippen molar-refractivity contribution < 1.29 is 14.3 Å². The molecule has 0 unspecified atom stereocenters. The number of hydrogen-bond acceptors (Lipinski definition) is 2. The molecular weight excluding hydrogens is 228 g/mol. The Bertz CT molecular complexity index is 529. The lowest BCUT2D eigenvalue weighted by Crippen LogP contribution is -2.20. The van der Waals surface area contributed by atoms with Gasteiger partial charge in [-0.15, -0.1) is 0 Å². The van der Waals surface area contributed by atoms with E-state index in [-0.39, 0.29) is 5.92 Å². The van der Waals surface area contributed by atoms with Crippen LogP contribution in [0, 0.1) is 5.92 Å². The first-order valence-electron chi connectivity index (χ1n) is 6.45. The Morgan fingerprint density at radius 1 is 1.17 bits per heavy atom. The van der Waals surface area contributed by atoms with Crippen molar-refractivity contribution in [3.8, 4) is 0 Å². The summed E-state index contributed by atoms with van der Waals surface area (Å²) in [7, 11) is 0. The maximum absolute atomic E-state index is 10.9. The standard InChI is InChI=1S/C15H16O3/c16-15(17)11-7-5-10(6-8-11)14-9-12-3-1-2-4-13(12)18-14/h1-4,9-11H,5-8H2,(H,16,17). The van der Waals surface area contributed by atoms with Gasteiger partial charge < -0.3 is 9.52 Å². The highest BCUT2D eigenvalue weighted by Crippen LogP contribution is 2.37. The lowest BCUT2D eigenvalue weighted by Gasteiger charge is -2.24. The van der Waals surface area contributed by atoms with Gasteiger partial charge in [-0.05, 0) is 37.8 Å². The number of rotatable bonds is 2. The predicted octanol–water partition coefficient (Wildman–Crippen LogP) is 3.79. The average Bonchev–Trinajstić information content (AvgIpc) is 2.82. The minimum atomic E-state index is -0.655. The minimum Gasteiger partial charge on any atom is -0.481 e. The molecule has 0 aliphatic heterocycles. The summed E-state index contributed by atoms with van der Waals surface area (Å²) in [6.07, 6.45) is 3.35. The fourth-order valence-electron chi connectivity index (χ4n) is 2.83. The number of para-hydroxylation sites is 1. The molecule has 1 aromatic heterocycles. The molecule has 3 nitrogen and oxygen atoms in total. The summed E-state index contributed by atoms with van der Waals surface area (Å²) in [4.78, 5) is 10.9. The van der Waals surface area contributed by atoms with Gasteiger partial charge in [-0.2, -0.15) is 0 Å². The molecular formula is C15H16O3. The van der Waals surface area contributed by atoms with Crippen LogP contribution in [0.2, 0.25) is 0 Å². The second kappa shape index (κ2) is 4.48. The first-order valence-corrected chi connectivity index (χ1v) is 6.45. The molecule has 94 valence electrons. The van der Waals surface area contributed by atoms with Crippen LogP contribution in [0.3, 0.4) is 0 Å². The number of carbonyl (C=O) groups is 1. The van der Waals surface area contributed by atoms with Crippen LogP contribution in [0.1, 0.15) is 37.4 Å². The summed E-state index contributed by atoms with van der Waals surface area (Å²) in [5, 5.41) is 10.1. The van der Waals surface area contributed by atoms with E-state index in [1.54, 1.807) is 0 Å². The number of carboxylic acid groups (broad SMARTS) is 1. The maximum Gasteiger partial charge on any atom is 0.306 e. The molecule has 0 radical (unpaired) electrons. The summed E-state index contributed by atoms with van der Waals surface area (Å²) < 4.78 is 5.86. The van der Waals surface area contributed by atoms with Gasteiger partial charge in [0.25, 0.3) is 0 Å². The number of furan rings is 1. The SMILES string of the molecule is O=C(O)C1CCC(c2cc3ccccc3o2)CC1. The highest BCUT2D eigenvalue weighted by molar-refractivity contribution is 5.77. The molecule has 0 atom stereocenters. The summed E-state index contributed by atoms with van der Waals surface area (Å²) in [6, 6.07) is 10.1. The molecule has 1 heterocycles. The molecule has 2 aromatic rings. The van der Waals surface area contributed by atoms with E-state index in [9.17, 15) is 4.79 Å². The van der Waals surface area contributed by atoms with Crippen molar-refractivity contribution in [1.29, 1.82) is 0 Å². The molecule has 1 fully saturated rings. The molecule has 1 N–H and O–H groups in total. The smallest absolute Gasteiger partial charge is 0.306 e. The van der Waals surface area contributed by atoms with Crippen LogP contribution in [0.25, 0.3) is 11.0 Å². The summed E-state index contributed by atoms with van der Waals surface area (Å²) in [5.74, 6) is 0.580. The number of benzene rings is 1. The van der Waals surface area contributed by atoms with Gasteiger partial charge in [0.2, 0.25) is 0 Å². The van der Waals surface area contributed by atoms with E-state index in [0.717, 1.165) is 42.4 Å². The maximum atomic E-state index is 10.9. The van der Waals surface area contributed by atoms with E-state index < -0.39 is 5.97 Å². The molecule has 0 saturated heterocycles. The molecule has 1 saturated carbocycles. The Hall–Kier alpha value is -1.77. The average molecular weight is 244 g/mol.